The van der Waals surface area contributed by atoms with Crippen molar-refractivity contribution in [3.63, 3.8) is 0 Å². The molecule has 0 unspecified atom stereocenters. The fraction of sp³-hybridized carbons (Fsp3) is 0.667. The zero-order valence-electron chi connectivity index (χ0n) is 5.28. The van der Waals surface area contributed by atoms with Crippen LogP contribution in [0.25, 0.3) is 0 Å². The minimum Gasteiger partial charge on any atom is -0.402 e. The Morgan fingerprint density at radius 1 is 1.56 bits per heavy atom. The summed E-state index contributed by atoms with van der Waals surface area (Å²) < 4.78 is 0. The van der Waals surface area contributed by atoms with Gasteiger partial charge in [0.2, 0.25) is 0 Å². The molecule has 1 fully saturated rings. The van der Waals surface area contributed by atoms with Crippen LogP contribution in [0.15, 0.2) is 11.8 Å². The molecule has 1 aliphatic carbocycles. The number of nitrogens with one attached hydrogen (secondary N) is 2. The molecule has 9 heavy (non-hydrogen) atoms. The van der Waals surface area contributed by atoms with Crippen molar-refractivity contribution >= 4 is 0 Å². The summed E-state index contributed by atoms with van der Waals surface area (Å²) in [5.41, 5.74) is 13.1. The Morgan fingerprint density at radius 3 is 2.78 bits per heavy atom. The van der Waals surface area contributed by atoms with Gasteiger partial charge in [0.15, 0.2) is 0 Å². The lowest BCUT2D eigenvalue weighted by atomic mass is 9.97. The summed E-state index contributed by atoms with van der Waals surface area (Å²) in [7, 11) is 0. The van der Waals surface area contributed by atoms with Gasteiger partial charge < -0.3 is 5.73 Å². The molecule has 4 N–H and O–H groups in total. The molecule has 0 aromatic rings. The van der Waals surface area contributed by atoms with E-state index in [1.807, 2.05) is 0 Å². The van der Waals surface area contributed by atoms with Gasteiger partial charge in [-0.1, -0.05) is 6.08 Å². The lowest BCUT2D eigenvalue weighted by molar-refractivity contribution is 0.524. The minimum atomic E-state index is 0.207. The molecule has 0 amide bonds. The van der Waals surface area contributed by atoms with Crippen molar-refractivity contribution in [1.82, 2.24) is 10.9 Å². The SMILES string of the molecule is NC1=CCCC2(C1)NN2. The van der Waals surface area contributed by atoms with Crippen LogP contribution in [-0.4, -0.2) is 5.66 Å². The van der Waals surface area contributed by atoms with Crippen molar-refractivity contribution in [3.8, 4) is 0 Å². The van der Waals surface area contributed by atoms with Crippen LogP contribution in [0, 0.1) is 0 Å². The number of hydrazine groups is 1. The van der Waals surface area contributed by atoms with E-state index in [0.29, 0.717) is 0 Å². The van der Waals surface area contributed by atoms with Crippen LogP contribution in [0.3, 0.4) is 0 Å². The van der Waals surface area contributed by atoms with Gasteiger partial charge in [-0.05, 0) is 12.8 Å². The van der Waals surface area contributed by atoms with E-state index in [9.17, 15) is 0 Å². The van der Waals surface area contributed by atoms with Crippen LogP contribution < -0.4 is 16.6 Å². The predicted octanol–water partition coefficient (Wildman–Crippen LogP) is -0.183. The van der Waals surface area contributed by atoms with Crippen LogP contribution in [0.1, 0.15) is 19.3 Å². The van der Waals surface area contributed by atoms with E-state index >= 15 is 0 Å². The fourth-order valence-electron chi connectivity index (χ4n) is 1.31. The van der Waals surface area contributed by atoms with Crippen LogP contribution in [0.2, 0.25) is 0 Å². The third-order valence-corrected chi connectivity index (χ3v) is 1.96. The molecule has 0 atom stereocenters. The Bertz CT molecular complexity index is 158. The zero-order valence-corrected chi connectivity index (χ0v) is 5.28. The predicted molar refractivity (Wildman–Crippen MR) is 35.1 cm³/mol. The Hall–Kier alpha value is -0.540. The first-order valence-electron chi connectivity index (χ1n) is 3.30. The Morgan fingerprint density at radius 2 is 2.33 bits per heavy atom. The van der Waals surface area contributed by atoms with Gasteiger partial charge in [0.25, 0.3) is 0 Å². The third kappa shape index (κ3) is 0.821. The molecule has 3 heteroatoms. The van der Waals surface area contributed by atoms with Gasteiger partial charge in [-0.2, -0.15) is 0 Å². The monoisotopic (exact) mass is 125 g/mol. The summed E-state index contributed by atoms with van der Waals surface area (Å²) in [4.78, 5) is 0. The Labute approximate surface area is 54.3 Å². The average Bonchev–Trinajstić information content (AvgIpc) is 2.49. The summed E-state index contributed by atoms with van der Waals surface area (Å²) in [5.74, 6) is 0. The zero-order chi connectivity index (χ0) is 6.32. The Kier molecular flexibility index (Phi) is 0.870. The van der Waals surface area contributed by atoms with Gasteiger partial charge >= 0.3 is 0 Å². The molecule has 0 aromatic heterocycles. The summed E-state index contributed by atoms with van der Waals surface area (Å²) >= 11 is 0. The molecule has 3 nitrogen and oxygen atoms in total. The lowest BCUT2D eigenvalue weighted by Crippen LogP contribution is -2.23. The maximum absolute atomic E-state index is 5.63. The smallest absolute Gasteiger partial charge is 0.1000 e. The first-order valence-corrected chi connectivity index (χ1v) is 3.30. The molecular formula is C6H11N3. The van der Waals surface area contributed by atoms with E-state index in [2.05, 4.69) is 16.9 Å². The van der Waals surface area contributed by atoms with E-state index in [1.165, 1.54) is 6.42 Å². The van der Waals surface area contributed by atoms with Gasteiger partial charge in [-0.25, -0.2) is 10.9 Å². The highest BCUT2D eigenvalue weighted by atomic mass is 15.7. The highest BCUT2D eigenvalue weighted by Crippen LogP contribution is 2.28. The summed E-state index contributed by atoms with van der Waals surface area (Å²) in [6.07, 6.45) is 5.35. The number of hydrogen-bond donors (Lipinski definition) is 3. The van der Waals surface area contributed by atoms with E-state index < -0.39 is 0 Å². The van der Waals surface area contributed by atoms with Crippen molar-refractivity contribution in [2.24, 2.45) is 5.73 Å². The highest BCUT2D eigenvalue weighted by Gasteiger charge is 2.42. The van der Waals surface area contributed by atoms with Crippen LogP contribution in [0.4, 0.5) is 0 Å². The standard InChI is InChI=1S/C6H11N3/c7-5-2-1-3-6(4-5)8-9-6/h2,8-9H,1,3-4,7H2. The van der Waals surface area contributed by atoms with Gasteiger partial charge in [0, 0.05) is 12.1 Å². The molecule has 2 rings (SSSR count). The van der Waals surface area contributed by atoms with Gasteiger partial charge in [-0.15, -0.1) is 0 Å². The van der Waals surface area contributed by atoms with E-state index in [4.69, 9.17) is 5.73 Å². The second-order valence-corrected chi connectivity index (χ2v) is 2.83. The molecule has 0 aromatic carbocycles. The molecule has 50 valence electrons. The summed E-state index contributed by atoms with van der Waals surface area (Å²) in [6, 6.07) is 0. The summed E-state index contributed by atoms with van der Waals surface area (Å²) in [5, 5.41) is 0. The second kappa shape index (κ2) is 1.49. The molecule has 1 saturated heterocycles. The first-order chi connectivity index (χ1) is 4.31. The molecular weight excluding hydrogens is 114 g/mol. The normalized spacial score (nSPS) is 30.0. The third-order valence-electron chi connectivity index (χ3n) is 1.96. The second-order valence-electron chi connectivity index (χ2n) is 2.83. The number of nitrogens with two attached hydrogens (primary N) is 1. The van der Waals surface area contributed by atoms with Gasteiger partial charge in [0.05, 0.1) is 5.66 Å². The molecule has 1 spiro atoms. The topological polar surface area (TPSA) is 69.9 Å². The number of hydrogen-bond acceptors (Lipinski definition) is 3. The van der Waals surface area contributed by atoms with Crippen LogP contribution >= 0.6 is 0 Å². The van der Waals surface area contributed by atoms with E-state index in [1.54, 1.807) is 0 Å². The first kappa shape index (κ1) is 5.26. The average molecular weight is 125 g/mol. The maximum atomic E-state index is 5.63. The molecule has 0 radical (unpaired) electrons. The van der Waals surface area contributed by atoms with Gasteiger partial charge in [0.1, 0.15) is 0 Å². The molecule has 1 heterocycles. The lowest BCUT2D eigenvalue weighted by Gasteiger charge is -2.15. The van der Waals surface area contributed by atoms with Crippen molar-refractivity contribution in [2.75, 3.05) is 0 Å². The highest BCUT2D eigenvalue weighted by molar-refractivity contribution is 5.13. The maximum Gasteiger partial charge on any atom is 0.1000 e. The fourth-order valence-corrected chi connectivity index (χ4v) is 1.31. The number of allylic oxidation sites excluding steroid dienone is 1. The minimum absolute atomic E-state index is 0.207. The van der Waals surface area contributed by atoms with Crippen molar-refractivity contribution in [3.05, 3.63) is 11.8 Å². The summed E-state index contributed by atoms with van der Waals surface area (Å²) in [6.45, 7) is 0. The van der Waals surface area contributed by atoms with Crippen molar-refractivity contribution < 1.29 is 0 Å². The van der Waals surface area contributed by atoms with Crippen molar-refractivity contribution in [2.45, 2.75) is 24.9 Å². The van der Waals surface area contributed by atoms with E-state index in [0.717, 1.165) is 18.5 Å². The molecule has 0 bridgehead atoms. The van der Waals surface area contributed by atoms with Crippen molar-refractivity contribution in [1.29, 1.82) is 0 Å². The molecule has 0 saturated carbocycles. The number of rotatable bonds is 0. The molecule has 1 aliphatic heterocycles. The Balaban J connectivity index is 2.10. The molecule has 2 aliphatic rings. The van der Waals surface area contributed by atoms with Gasteiger partial charge in [-0.3, -0.25) is 0 Å². The van der Waals surface area contributed by atoms with E-state index in [-0.39, 0.29) is 5.66 Å². The van der Waals surface area contributed by atoms with Crippen LogP contribution in [-0.2, 0) is 0 Å². The van der Waals surface area contributed by atoms with Crippen LogP contribution in [0.5, 0.6) is 0 Å². The largest absolute Gasteiger partial charge is 0.402 e. The quantitative estimate of drug-likeness (QED) is 0.393.